The molecule has 2 aliphatic rings. The molecular weight excluding hydrogens is 591 g/mol. The van der Waals surface area contributed by atoms with Crippen molar-refractivity contribution in [3.05, 3.63) is 106 Å². The van der Waals surface area contributed by atoms with E-state index in [1.54, 1.807) is 0 Å². The number of hydrogen-bond acceptors (Lipinski definition) is 5. The lowest BCUT2D eigenvalue weighted by molar-refractivity contribution is -0.160. The van der Waals surface area contributed by atoms with Gasteiger partial charge in [-0.05, 0) is 136 Å². The minimum atomic E-state index is -1.19. The van der Waals surface area contributed by atoms with Gasteiger partial charge in [0.05, 0.1) is 12.2 Å². The Labute approximate surface area is 277 Å². The van der Waals surface area contributed by atoms with Gasteiger partial charge in [0.2, 0.25) is 0 Å². The molecular formula is C40H45FN2O4. The van der Waals surface area contributed by atoms with Gasteiger partial charge in [0, 0.05) is 35.6 Å². The molecule has 1 aromatic heterocycles. The SMILES string of the molecule is Cc1nc(C)c([C@H](OC(C)(C)C)C(=O)O)c(-c2ccc3c(c2)CCCO3)c1-c1ccc2c(c1)CCN(CCCc1ccc(F)cc1)C2. The highest BCUT2D eigenvalue weighted by Gasteiger charge is 2.34. The summed E-state index contributed by atoms with van der Waals surface area (Å²) in [6, 6.07) is 19.7. The Morgan fingerprint density at radius 3 is 2.43 bits per heavy atom. The first-order valence-electron chi connectivity index (χ1n) is 16.7. The zero-order valence-electron chi connectivity index (χ0n) is 28.2. The van der Waals surface area contributed by atoms with Crippen molar-refractivity contribution in [2.45, 2.75) is 85.0 Å². The molecule has 0 amide bonds. The molecule has 246 valence electrons. The third kappa shape index (κ3) is 7.42. The van der Waals surface area contributed by atoms with E-state index in [9.17, 15) is 14.3 Å². The molecule has 6 rings (SSSR count). The molecule has 6 nitrogen and oxygen atoms in total. The van der Waals surface area contributed by atoms with E-state index < -0.39 is 17.7 Å². The van der Waals surface area contributed by atoms with Crippen molar-refractivity contribution in [3.63, 3.8) is 0 Å². The quantitative estimate of drug-likeness (QED) is 0.199. The van der Waals surface area contributed by atoms with Gasteiger partial charge < -0.3 is 14.6 Å². The van der Waals surface area contributed by atoms with Crippen LogP contribution < -0.4 is 4.74 Å². The van der Waals surface area contributed by atoms with E-state index in [1.807, 2.05) is 58.9 Å². The van der Waals surface area contributed by atoms with Crippen LogP contribution in [0.2, 0.25) is 0 Å². The van der Waals surface area contributed by atoms with Crippen molar-refractivity contribution >= 4 is 5.97 Å². The molecule has 47 heavy (non-hydrogen) atoms. The van der Waals surface area contributed by atoms with Gasteiger partial charge >= 0.3 is 5.97 Å². The van der Waals surface area contributed by atoms with Crippen LogP contribution in [0.5, 0.6) is 5.75 Å². The predicted molar refractivity (Wildman–Crippen MR) is 183 cm³/mol. The van der Waals surface area contributed by atoms with Crippen molar-refractivity contribution in [2.24, 2.45) is 0 Å². The average molecular weight is 637 g/mol. The summed E-state index contributed by atoms with van der Waals surface area (Å²) in [6.45, 7) is 13.1. The van der Waals surface area contributed by atoms with Crippen LogP contribution >= 0.6 is 0 Å². The maximum atomic E-state index is 13.3. The van der Waals surface area contributed by atoms with Crippen LogP contribution in [0.25, 0.3) is 22.3 Å². The molecule has 0 spiro atoms. The van der Waals surface area contributed by atoms with E-state index in [0.29, 0.717) is 17.9 Å². The molecule has 7 heteroatoms. The summed E-state index contributed by atoms with van der Waals surface area (Å²) in [4.78, 5) is 20.3. The molecule has 3 heterocycles. The van der Waals surface area contributed by atoms with Crippen molar-refractivity contribution in [3.8, 4) is 28.0 Å². The maximum absolute atomic E-state index is 13.3. The Hall–Kier alpha value is -4.07. The first-order chi connectivity index (χ1) is 22.5. The van der Waals surface area contributed by atoms with Crippen LogP contribution in [0, 0.1) is 19.7 Å². The molecule has 0 radical (unpaired) electrons. The topological polar surface area (TPSA) is 71.9 Å². The van der Waals surface area contributed by atoms with Crippen LogP contribution in [0.1, 0.15) is 78.9 Å². The van der Waals surface area contributed by atoms with Crippen molar-refractivity contribution in [2.75, 3.05) is 19.7 Å². The van der Waals surface area contributed by atoms with Crippen molar-refractivity contribution < 1.29 is 23.8 Å². The highest BCUT2D eigenvalue weighted by Crippen LogP contribution is 2.44. The Balaban J connectivity index is 1.37. The Bertz CT molecular complexity index is 1780. The molecule has 0 aliphatic carbocycles. The van der Waals surface area contributed by atoms with Crippen molar-refractivity contribution in [1.82, 2.24) is 9.88 Å². The van der Waals surface area contributed by atoms with Gasteiger partial charge in [-0.1, -0.05) is 36.4 Å². The number of rotatable bonds is 9. The number of aliphatic carboxylic acids is 1. The Morgan fingerprint density at radius 2 is 1.68 bits per heavy atom. The van der Waals surface area contributed by atoms with E-state index in [-0.39, 0.29) is 5.82 Å². The standard InChI is InChI=1S/C40H45FN2O4/c1-25-35(30-12-13-32-24-43(20-18-28(32)22-30)19-6-8-27-10-15-33(41)16-11-27)37(31-14-17-34-29(23-31)9-7-21-46-34)36(26(2)42-25)38(39(44)45)47-40(3,4)5/h10-17,22-23,38H,6-9,18-21,24H2,1-5H3,(H,44,45)/t38-/m0/s1. The fraction of sp³-hybridized carbons (Fsp3) is 0.400. The highest BCUT2D eigenvalue weighted by atomic mass is 19.1. The molecule has 1 N–H and O–H groups in total. The van der Waals surface area contributed by atoms with E-state index in [1.165, 1.54) is 23.3 Å². The third-order valence-electron chi connectivity index (χ3n) is 9.20. The summed E-state index contributed by atoms with van der Waals surface area (Å²) >= 11 is 0. The molecule has 0 saturated carbocycles. The van der Waals surface area contributed by atoms with E-state index in [2.05, 4.69) is 29.2 Å². The first kappa shape index (κ1) is 32.9. The number of carboxylic acids is 1. The lowest BCUT2D eigenvalue weighted by Crippen LogP contribution is -2.31. The largest absolute Gasteiger partial charge is 0.493 e. The number of aromatic nitrogens is 1. The number of nitrogens with zero attached hydrogens (tertiary/aromatic N) is 2. The van der Waals surface area contributed by atoms with Crippen LogP contribution in [0.3, 0.4) is 0 Å². The van der Waals surface area contributed by atoms with Crippen LogP contribution in [-0.4, -0.2) is 46.3 Å². The number of fused-ring (bicyclic) bond motifs is 2. The smallest absolute Gasteiger partial charge is 0.337 e. The monoisotopic (exact) mass is 636 g/mol. The molecule has 0 fully saturated rings. The Morgan fingerprint density at radius 1 is 0.957 bits per heavy atom. The highest BCUT2D eigenvalue weighted by molar-refractivity contribution is 5.91. The summed E-state index contributed by atoms with van der Waals surface area (Å²) < 4.78 is 25.5. The molecule has 4 aromatic rings. The fourth-order valence-electron chi connectivity index (χ4n) is 7.06. The van der Waals surface area contributed by atoms with Crippen LogP contribution in [0.4, 0.5) is 4.39 Å². The lowest BCUT2D eigenvalue weighted by Gasteiger charge is -2.31. The number of aryl methyl sites for hydroxylation is 4. The number of ether oxygens (including phenoxy) is 2. The number of benzene rings is 3. The summed E-state index contributed by atoms with van der Waals surface area (Å²) in [7, 11) is 0. The van der Waals surface area contributed by atoms with Gasteiger partial charge in [0.25, 0.3) is 0 Å². The molecule has 0 unspecified atom stereocenters. The molecule has 0 bridgehead atoms. The third-order valence-corrected chi connectivity index (χ3v) is 9.20. The van der Waals surface area contributed by atoms with Gasteiger partial charge in [0.1, 0.15) is 11.6 Å². The lowest BCUT2D eigenvalue weighted by atomic mass is 9.84. The second kappa shape index (κ2) is 13.6. The molecule has 3 aromatic carbocycles. The average Bonchev–Trinajstić information content (AvgIpc) is 3.03. The van der Waals surface area contributed by atoms with Gasteiger partial charge in [0.15, 0.2) is 6.10 Å². The van der Waals surface area contributed by atoms with E-state index in [0.717, 1.165) is 96.6 Å². The molecule has 0 saturated heterocycles. The minimum Gasteiger partial charge on any atom is -0.493 e. The number of carboxylic acid groups (broad SMARTS) is 1. The summed E-state index contributed by atoms with van der Waals surface area (Å²) in [6.07, 6.45) is 3.55. The van der Waals surface area contributed by atoms with Gasteiger partial charge in [-0.3, -0.25) is 9.88 Å². The van der Waals surface area contributed by atoms with E-state index in [4.69, 9.17) is 14.5 Å². The number of pyridine rings is 1. The fourth-order valence-corrected chi connectivity index (χ4v) is 7.06. The number of halogens is 1. The van der Waals surface area contributed by atoms with Crippen LogP contribution in [-0.2, 0) is 35.3 Å². The van der Waals surface area contributed by atoms with Gasteiger partial charge in [-0.15, -0.1) is 0 Å². The van der Waals surface area contributed by atoms with E-state index >= 15 is 0 Å². The normalized spacial score (nSPS) is 15.4. The molecule has 2 aliphatic heterocycles. The number of hydrogen-bond donors (Lipinski definition) is 1. The second-order valence-electron chi connectivity index (χ2n) is 13.9. The minimum absolute atomic E-state index is 0.196. The van der Waals surface area contributed by atoms with Gasteiger partial charge in [-0.25, -0.2) is 9.18 Å². The predicted octanol–water partition coefficient (Wildman–Crippen LogP) is 8.43. The second-order valence-corrected chi connectivity index (χ2v) is 13.9. The maximum Gasteiger partial charge on any atom is 0.337 e. The summed E-state index contributed by atoms with van der Waals surface area (Å²) in [5.41, 5.74) is 10.1. The summed E-state index contributed by atoms with van der Waals surface area (Å²) in [5, 5.41) is 10.5. The first-order valence-corrected chi connectivity index (χ1v) is 16.7. The number of carbonyl (C=O) groups is 1. The van der Waals surface area contributed by atoms with Crippen LogP contribution in [0.15, 0.2) is 60.7 Å². The van der Waals surface area contributed by atoms with Gasteiger partial charge in [-0.2, -0.15) is 0 Å². The zero-order valence-corrected chi connectivity index (χ0v) is 28.2. The Kier molecular flexibility index (Phi) is 9.49. The van der Waals surface area contributed by atoms with Crippen molar-refractivity contribution in [1.29, 1.82) is 0 Å². The zero-order chi connectivity index (χ0) is 33.3. The summed E-state index contributed by atoms with van der Waals surface area (Å²) in [5.74, 6) is -0.340. The molecule has 1 atom stereocenters.